The Hall–Kier alpha value is -9.18. The molecule has 0 spiro atoms. The Morgan fingerprint density at radius 3 is 1.06 bits per heavy atom. The van der Waals surface area contributed by atoms with Gasteiger partial charge in [0.2, 0.25) is 0 Å². The van der Waals surface area contributed by atoms with Gasteiger partial charge in [0, 0.05) is 44.3 Å². The summed E-state index contributed by atoms with van der Waals surface area (Å²) >= 11 is 0. The Balaban J connectivity index is 0.803. The first-order chi connectivity index (χ1) is 34.2. The van der Waals surface area contributed by atoms with E-state index in [9.17, 15) is 0 Å². The molecule has 11 aromatic carbocycles. The second-order valence-electron chi connectivity index (χ2n) is 17.7. The summed E-state index contributed by atoms with van der Waals surface area (Å²) < 4.78 is 8.78. The second kappa shape index (κ2) is 16.9. The molecule has 0 unspecified atom stereocenters. The normalized spacial score (nSPS) is 11.5. The molecule has 13 aromatic rings. The van der Waals surface area contributed by atoms with E-state index in [1.165, 1.54) is 60.9 Å². The highest BCUT2D eigenvalue weighted by Crippen LogP contribution is 2.41. The van der Waals surface area contributed by atoms with Gasteiger partial charge in [0.15, 0.2) is 0 Å². The molecule has 3 nitrogen and oxygen atoms in total. The number of rotatable bonds is 9. The molecule has 0 radical (unpaired) electrons. The van der Waals surface area contributed by atoms with Crippen LogP contribution in [0.4, 0.5) is 17.1 Å². The molecule has 0 aliphatic heterocycles. The summed E-state index contributed by atoms with van der Waals surface area (Å²) in [6.45, 7) is 0. The summed E-state index contributed by atoms with van der Waals surface area (Å²) in [5.74, 6) is 0. The lowest BCUT2D eigenvalue weighted by molar-refractivity contribution is 0.669. The van der Waals surface area contributed by atoms with Crippen molar-refractivity contribution in [1.82, 2.24) is 4.57 Å². The van der Waals surface area contributed by atoms with E-state index in [1.807, 2.05) is 0 Å². The molecular weight excluding hydrogens is 837 g/mol. The Labute approximate surface area is 401 Å². The average Bonchev–Trinajstić information content (AvgIpc) is 3.97. The van der Waals surface area contributed by atoms with Crippen molar-refractivity contribution in [2.24, 2.45) is 0 Å². The van der Waals surface area contributed by atoms with Gasteiger partial charge in [-0.05, 0) is 147 Å². The quantitative estimate of drug-likeness (QED) is 0.144. The maximum atomic E-state index is 6.42. The lowest BCUT2D eigenvalue weighted by Crippen LogP contribution is -2.09. The van der Waals surface area contributed by atoms with Crippen LogP contribution in [0.15, 0.2) is 271 Å². The lowest BCUT2D eigenvalue weighted by atomic mass is 9.97. The predicted octanol–water partition coefficient (Wildman–Crippen LogP) is 18.5. The molecule has 0 saturated carbocycles. The summed E-state index contributed by atoms with van der Waals surface area (Å²) in [5.41, 5.74) is 20.4. The molecule has 0 N–H and O–H groups in total. The molecular formula is C66H44N2O. The van der Waals surface area contributed by atoms with Crippen LogP contribution >= 0.6 is 0 Å². The molecule has 3 heteroatoms. The number of hydrogen-bond donors (Lipinski definition) is 0. The van der Waals surface area contributed by atoms with Gasteiger partial charge in [-0.1, -0.05) is 176 Å². The number of fused-ring (bicyclic) bond motifs is 6. The van der Waals surface area contributed by atoms with Gasteiger partial charge in [0.05, 0.1) is 11.0 Å². The van der Waals surface area contributed by atoms with Crippen LogP contribution in [-0.2, 0) is 0 Å². The van der Waals surface area contributed by atoms with Crippen LogP contribution < -0.4 is 4.90 Å². The van der Waals surface area contributed by atoms with Crippen molar-refractivity contribution in [3.8, 4) is 61.3 Å². The lowest BCUT2D eigenvalue weighted by Gasteiger charge is -2.26. The van der Waals surface area contributed by atoms with Crippen LogP contribution in [0, 0.1) is 0 Å². The van der Waals surface area contributed by atoms with Crippen molar-refractivity contribution in [2.45, 2.75) is 0 Å². The third-order valence-electron chi connectivity index (χ3n) is 13.6. The second-order valence-corrected chi connectivity index (χ2v) is 17.7. The van der Waals surface area contributed by atoms with Crippen LogP contribution in [-0.4, -0.2) is 4.57 Å². The van der Waals surface area contributed by atoms with E-state index < -0.39 is 0 Å². The molecule has 0 saturated heterocycles. The summed E-state index contributed by atoms with van der Waals surface area (Å²) in [7, 11) is 0. The van der Waals surface area contributed by atoms with Gasteiger partial charge >= 0.3 is 0 Å². The van der Waals surface area contributed by atoms with Gasteiger partial charge in [-0.25, -0.2) is 0 Å². The van der Waals surface area contributed by atoms with E-state index >= 15 is 0 Å². The third kappa shape index (κ3) is 7.34. The zero-order valence-corrected chi connectivity index (χ0v) is 37.7. The van der Waals surface area contributed by atoms with Gasteiger partial charge in [0.1, 0.15) is 11.2 Å². The van der Waals surface area contributed by atoms with E-state index in [0.29, 0.717) is 0 Å². The SMILES string of the molecule is c1ccc(-c2ccc(N(c3ccc(-c4ccccc4)cc3)c3ccc(-c4ccc5oc6ccc(-c7ccc(-c8ccc9c(c8)c8ccccc8n9-c8ccccc8)cc7)cc6c5c4)cc3)cc2)cc1. The maximum Gasteiger partial charge on any atom is 0.135 e. The molecule has 0 fully saturated rings. The maximum absolute atomic E-state index is 6.42. The Morgan fingerprint density at radius 2 is 0.580 bits per heavy atom. The number of anilines is 3. The molecule has 0 aliphatic rings. The first-order valence-electron chi connectivity index (χ1n) is 23.6. The number of benzene rings is 11. The van der Waals surface area contributed by atoms with Crippen LogP contribution in [0.2, 0.25) is 0 Å². The zero-order valence-electron chi connectivity index (χ0n) is 37.7. The first kappa shape index (κ1) is 40.1. The van der Waals surface area contributed by atoms with Crippen LogP contribution in [0.25, 0.3) is 105 Å². The molecule has 0 aliphatic carbocycles. The van der Waals surface area contributed by atoms with Crippen molar-refractivity contribution < 1.29 is 4.42 Å². The topological polar surface area (TPSA) is 21.3 Å². The minimum Gasteiger partial charge on any atom is -0.456 e. The van der Waals surface area contributed by atoms with E-state index in [0.717, 1.165) is 61.3 Å². The number of aromatic nitrogens is 1. The zero-order chi connectivity index (χ0) is 45.7. The Morgan fingerprint density at radius 1 is 0.246 bits per heavy atom. The molecule has 2 heterocycles. The van der Waals surface area contributed by atoms with Crippen molar-refractivity contribution in [3.63, 3.8) is 0 Å². The molecule has 0 atom stereocenters. The monoisotopic (exact) mass is 880 g/mol. The highest BCUT2D eigenvalue weighted by Gasteiger charge is 2.17. The number of nitrogens with zero attached hydrogens (tertiary/aromatic N) is 2. The smallest absolute Gasteiger partial charge is 0.135 e. The van der Waals surface area contributed by atoms with Crippen molar-refractivity contribution in [2.75, 3.05) is 4.90 Å². The molecule has 13 rings (SSSR count). The summed E-state index contributed by atoms with van der Waals surface area (Å²) in [6.07, 6.45) is 0. The minimum absolute atomic E-state index is 0.881. The molecule has 2 aromatic heterocycles. The predicted molar refractivity (Wildman–Crippen MR) is 290 cm³/mol. The number of furan rings is 1. The van der Waals surface area contributed by atoms with E-state index in [2.05, 4.69) is 276 Å². The van der Waals surface area contributed by atoms with Crippen molar-refractivity contribution in [1.29, 1.82) is 0 Å². The highest BCUT2D eigenvalue weighted by atomic mass is 16.3. The molecule has 0 bridgehead atoms. The van der Waals surface area contributed by atoms with Crippen molar-refractivity contribution in [3.05, 3.63) is 267 Å². The van der Waals surface area contributed by atoms with Crippen LogP contribution in [0.5, 0.6) is 0 Å². The third-order valence-corrected chi connectivity index (χ3v) is 13.6. The van der Waals surface area contributed by atoms with Gasteiger partial charge in [0.25, 0.3) is 0 Å². The Kier molecular flexibility index (Phi) is 9.84. The average molecular weight is 881 g/mol. The van der Waals surface area contributed by atoms with Gasteiger partial charge in [-0.3, -0.25) is 0 Å². The van der Waals surface area contributed by atoms with Crippen LogP contribution in [0.1, 0.15) is 0 Å². The number of para-hydroxylation sites is 2. The van der Waals surface area contributed by atoms with E-state index in [1.54, 1.807) is 0 Å². The van der Waals surface area contributed by atoms with E-state index in [4.69, 9.17) is 4.42 Å². The fourth-order valence-corrected chi connectivity index (χ4v) is 10.1. The minimum atomic E-state index is 0.881. The molecule has 0 amide bonds. The molecule has 69 heavy (non-hydrogen) atoms. The summed E-state index contributed by atoms with van der Waals surface area (Å²) in [6, 6.07) is 95.9. The largest absolute Gasteiger partial charge is 0.456 e. The summed E-state index contributed by atoms with van der Waals surface area (Å²) in [5, 5.41) is 4.71. The van der Waals surface area contributed by atoms with Gasteiger partial charge in [-0.15, -0.1) is 0 Å². The fourth-order valence-electron chi connectivity index (χ4n) is 10.1. The fraction of sp³-hybridized carbons (Fsp3) is 0. The Bertz CT molecular complexity index is 3860. The van der Waals surface area contributed by atoms with Gasteiger partial charge in [-0.2, -0.15) is 0 Å². The van der Waals surface area contributed by atoms with E-state index in [-0.39, 0.29) is 0 Å². The number of hydrogen-bond acceptors (Lipinski definition) is 2. The van der Waals surface area contributed by atoms with Crippen molar-refractivity contribution >= 4 is 60.8 Å². The summed E-state index contributed by atoms with van der Waals surface area (Å²) in [4.78, 5) is 2.33. The standard InChI is InChI=1S/C66H44N2O/c1-4-12-45(13-5-1)47-24-33-56(34-25-47)67(57-35-26-48(27-36-57)46-14-6-2-7-15-46)58-37-28-51(29-38-58)54-32-41-66-62(44-54)61-43-53(31-40-65(61)69-66)50-22-20-49(21-23-50)52-30-39-64-60(42-52)59-18-10-11-19-63(59)68(64)55-16-8-3-9-17-55/h1-44H. The first-order valence-corrected chi connectivity index (χ1v) is 23.6. The highest BCUT2D eigenvalue weighted by molar-refractivity contribution is 6.11. The van der Waals surface area contributed by atoms with Gasteiger partial charge < -0.3 is 13.9 Å². The van der Waals surface area contributed by atoms with Crippen LogP contribution in [0.3, 0.4) is 0 Å². The molecule has 324 valence electrons.